The first-order valence-corrected chi connectivity index (χ1v) is 9.71. The highest BCUT2D eigenvalue weighted by Gasteiger charge is 2.27. The van der Waals surface area contributed by atoms with E-state index in [1.807, 2.05) is 61.2 Å². The third-order valence-corrected chi connectivity index (χ3v) is 5.76. The van der Waals surface area contributed by atoms with Gasteiger partial charge in [-0.3, -0.25) is 9.59 Å². The van der Waals surface area contributed by atoms with Crippen LogP contribution in [0, 0.1) is 19.8 Å². The Morgan fingerprint density at radius 2 is 1.78 bits per heavy atom. The van der Waals surface area contributed by atoms with E-state index in [4.69, 9.17) is 11.6 Å². The molecular weight excluding hydrogens is 360 g/mol. The minimum atomic E-state index is -0.0779. The number of aryl methyl sites for hydroxylation is 1. The number of benzene rings is 2. The molecule has 2 aromatic carbocycles. The van der Waals surface area contributed by atoms with E-state index >= 15 is 0 Å². The molecule has 1 aliphatic heterocycles. The number of piperidine rings is 1. The van der Waals surface area contributed by atoms with Crippen molar-refractivity contribution in [3.63, 3.8) is 0 Å². The van der Waals surface area contributed by atoms with Crippen molar-refractivity contribution >= 4 is 29.1 Å². The molecule has 0 bridgehead atoms. The zero-order valence-electron chi connectivity index (χ0n) is 15.8. The van der Waals surface area contributed by atoms with Gasteiger partial charge in [0.15, 0.2) is 0 Å². The molecule has 0 radical (unpaired) electrons. The summed E-state index contributed by atoms with van der Waals surface area (Å²) in [5.41, 5.74) is 3.83. The number of carbonyl (C=O) groups excluding carboxylic acids is 2. The number of halogens is 1. The minimum absolute atomic E-state index is 0.00590. The Kier molecular flexibility index (Phi) is 6.17. The number of likely N-dealkylation sites (tertiary alicyclic amines) is 1. The Morgan fingerprint density at radius 1 is 1.07 bits per heavy atom. The SMILES string of the molecule is Cc1ccccc1CC(=O)N1CCC(C(=O)Nc2cccc(Cl)c2C)CC1. The van der Waals surface area contributed by atoms with Crippen LogP contribution in [-0.2, 0) is 16.0 Å². The molecule has 27 heavy (non-hydrogen) atoms. The van der Waals surface area contributed by atoms with E-state index in [-0.39, 0.29) is 17.7 Å². The molecule has 0 aliphatic carbocycles. The lowest BCUT2D eigenvalue weighted by molar-refractivity contribution is -0.133. The smallest absolute Gasteiger partial charge is 0.227 e. The molecule has 2 amide bonds. The van der Waals surface area contributed by atoms with Crippen LogP contribution in [0.25, 0.3) is 0 Å². The summed E-state index contributed by atoms with van der Waals surface area (Å²) in [6.07, 6.45) is 1.79. The van der Waals surface area contributed by atoms with E-state index in [1.54, 1.807) is 0 Å². The fraction of sp³-hybridized carbons (Fsp3) is 0.364. The van der Waals surface area contributed by atoms with Gasteiger partial charge < -0.3 is 10.2 Å². The fourth-order valence-corrected chi connectivity index (χ4v) is 3.63. The number of rotatable bonds is 4. The fourth-order valence-electron chi connectivity index (χ4n) is 3.45. The Bertz CT molecular complexity index is 842. The molecule has 0 saturated carbocycles. The number of nitrogens with one attached hydrogen (secondary N) is 1. The summed E-state index contributed by atoms with van der Waals surface area (Å²) >= 11 is 6.12. The number of amides is 2. The highest BCUT2D eigenvalue weighted by molar-refractivity contribution is 6.31. The van der Waals surface area contributed by atoms with Crippen LogP contribution in [0.5, 0.6) is 0 Å². The molecule has 1 heterocycles. The minimum Gasteiger partial charge on any atom is -0.342 e. The lowest BCUT2D eigenvalue weighted by Crippen LogP contribution is -2.42. The standard InChI is InChI=1S/C22H25ClN2O2/c1-15-6-3-4-7-18(15)14-21(26)25-12-10-17(11-13-25)22(27)24-20-9-5-8-19(23)16(20)2/h3-9,17H,10-14H2,1-2H3,(H,24,27). The summed E-state index contributed by atoms with van der Waals surface area (Å²) in [7, 11) is 0. The maximum Gasteiger partial charge on any atom is 0.227 e. The third kappa shape index (κ3) is 4.69. The number of hydrogen-bond donors (Lipinski definition) is 1. The van der Waals surface area contributed by atoms with Crippen molar-refractivity contribution in [1.29, 1.82) is 0 Å². The molecule has 1 fully saturated rings. The van der Waals surface area contributed by atoms with Crippen molar-refractivity contribution < 1.29 is 9.59 Å². The van der Waals surface area contributed by atoms with E-state index in [1.165, 1.54) is 0 Å². The second-order valence-corrected chi connectivity index (χ2v) is 7.57. The normalized spacial score (nSPS) is 14.9. The van der Waals surface area contributed by atoms with E-state index in [0.717, 1.165) is 22.4 Å². The van der Waals surface area contributed by atoms with Crippen LogP contribution in [0.4, 0.5) is 5.69 Å². The van der Waals surface area contributed by atoms with Crippen LogP contribution in [0.15, 0.2) is 42.5 Å². The number of anilines is 1. The molecule has 1 aliphatic rings. The summed E-state index contributed by atoms with van der Waals surface area (Å²) < 4.78 is 0. The number of hydrogen-bond acceptors (Lipinski definition) is 2. The van der Waals surface area contributed by atoms with Crippen molar-refractivity contribution in [3.8, 4) is 0 Å². The van der Waals surface area contributed by atoms with Gasteiger partial charge in [0, 0.05) is 29.7 Å². The van der Waals surface area contributed by atoms with E-state index in [0.29, 0.717) is 37.4 Å². The highest BCUT2D eigenvalue weighted by atomic mass is 35.5. The second-order valence-electron chi connectivity index (χ2n) is 7.16. The van der Waals surface area contributed by atoms with Crippen LogP contribution >= 0.6 is 11.6 Å². The summed E-state index contributed by atoms with van der Waals surface area (Å²) in [5, 5.41) is 3.63. The molecule has 0 aromatic heterocycles. The van der Waals surface area contributed by atoms with Crippen LogP contribution in [0.3, 0.4) is 0 Å². The first kappa shape index (κ1) is 19.4. The Labute approximate surface area is 165 Å². The summed E-state index contributed by atoms with van der Waals surface area (Å²) in [6, 6.07) is 13.5. The molecular formula is C22H25ClN2O2. The monoisotopic (exact) mass is 384 g/mol. The van der Waals surface area contributed by atoms with Gasteiger partial charge in [0.05, 0.1) is 6.42 Å². The van der Waals surface area contributed by atoms with E-state index in [9.17, 15) is 9.59 Å². The Morgan fingerprint density at radius 3 is 2.48 bits per heavy atom. The zero-order valence-corrected chi connectivity index (χ0v) is 16.6. The molecule has 4 nitrogen and oxygen atoms in total. The average molecular weight is 385 g/mol. The maximum atomic E-state index is 12.6. The van der Waals surface area contributed by atoms with E-state index < -0.39 is 0 Å². The Hall–Kier alpha value is -2.33. The average Bonchev–Trinajstić information content (AvgIpc) is 2.67. The third-order valence-electron chi connectivity index (χ3n) is 5.35. The number of nitrogens with zero attached hydrogens (tertiary/aromatic N) is 1. The predicted molar refractivity (Wildman–Crippen MR) is 109 cm³/mol. The van der Waals surface area contributed by atoms with Gasteiger partial charge in [-0.15, -0.1) is 0 Å². The molecule has 3 rings (SSSR count). The first-order chi connectivity index (χ1) is 13.0. The quantitative estimate of drug-likeness (QED) is 0.850. The second kappa shape index (κ2) is 8.57. The lowest BCUT2D eigenvalue weighted by atomic mass is 9.95. The summed E-state index contributed by atoms with van der Waals surface area (Å²) in [4.78, 5) is 27.0. The van der Waals surface area contributed by atoms with Crippen LogP contribution < -0.4 is 5.32 Å². The van der Waals surface area contributed by atoms with Gasteiger partial charge in [0.1, 0.15) is 0 Å². The maximum absolute atomic E-state index is 12.6. The predicted octanol–water partition coefficient (Wildman–Crippen LogP) is 4.38. The van der Waals surface area contributed by atoms with Crippen molar-refractivity contribution in [2.24, 2.45) is 5.92 Å². The Balaban J connectivity index is 1.54. The molecule has 1 saturated heterocycles. The zero-order chi connectivity index (χ0) is 19.4. The largest absolute Gasteiger partial charge is 0.342 e. The van der Waals surface area contributed by atoms with Crippen molar-refractivity contribution in [2.45, 2.75) is 33.1 Å². The van der Waals surface area contributed by atoms with Gasteiger partial charge >= 0.3 is 0 Å². The van der Waals surface area contributed by atoms with Crippen LogP contribution in [0.1, 0.15) is 29.5 Å². The summed E-state index contributed by atoms with van der Waals surface area (Å²) in [5.74, 6) is 0.0612. The van der Waals surface area contributed by atoms with Crippen molar-refractivity contribution in [2.75, 3.05) is 18.4 Å². The van der Waals surface area contributed by atoms with Crippen LogP contribution in [0.2, 0.25) is 5.02 Å². The lowest BCUT2D eigenvalue weighted by Gasteiger charge is -2.31. The van der Waals surface area contributed by atoms with Crippen LogP contribution in [-0.4, -0.2) is 29.8 Å². The number of carbonyl (C=O) groups is 2. The molecule has 0 atom stereocenters. The molecule has 142 valence electrons. The molecule has 1 N–H and O–H groups in total. The topological polar surface area (TPSA) is 49.4 Å². The van der Waals surface area contributed by atoms with E-state index in [2.05, 4.69) is 5.32 Å². The van der Waals surface area contributed by atoms with Gasteiger partial charge in [-0.25, -0.2) is 0 Å². The first-order valence-electron chi connectivity index (χ1n) is 9.34. The highest BCUT2D eigenvalue weighted by Crippen LogP contribution is 2.25. The summed E-state index contributed by atoms with van der Waals surface area (Å²) in [6.45, 7) is 5.16. The molecule has 0 unspecified atom stereocenters. The van der Waals surface area contributed by atoms with Gasteiger partial charge in [0.25, 0.3) is 0 Å². The van der Waals surface area contributed by atoms with Crippen molar-refractivity contribution in [1.82, 2.24) is 4.90 Å². The van der Waals surface area contributed by atoms with Gasteiger partial charge in [-0.2, -0.15) is 0 Å². The van der Waals surface area contributed by atoms with Gasteiger partial charge in [-0.1, -0.05) is 41.9 Å². The van der Waals surface area contributed by atoms with Gasteiger partial charge in [0.2, 0.25) is 11.8 Å². The molecule has 2 aromatic rings. The van der Waals surface area contributed by atoms with Crippen molar-refractivity contribution in [3.05, 3.63) is 64.2 Å². The van der Waals surface area contributed by atoms with Gasteiger partial charge in [-0.05, 0) is 55.5 Å². The molecule has 5 heteroatoms. The molecule has 0 spiro atoms.